The van der Waals surface area contributed by atoms with Gasteiger partial charge in [-0.05, 0) is 31.2 Å². The normalized spacial score (nSPS) is 11.0. The molecule has 1 N–H and O–H groups in total. The van der Waals surface area contributed by atoms with Crippen LogP contribution in [0.25, 0.3) is 16.1 Å². The summed E-state index contributed by atoms with van der Waals surface area (Å²) in [6.07, 6.45) is 6.71. The number of carbonyl (C=O) groups excluding carboxylic acids is 2. The van der Waals surface area contributed by atoms with Crippen molar-refractivity contribution >= 4 is 34.6 Å². The van der Waals surface area contributed by atoms with Gasteiger partial charge in [-0.2, -0.15) is 4.98 Å². The molecule has 0 fully saturated rings. The summed E-state index contributed by atoms with van der Waals surface area (Å²) in [4.78, 5) is 33.4. The van der Waals surface area contributed by atoms with Gasteiger partial charge in [0.05, 0.1) is 11.2 Å². The van der Waals surface area contributed by atoms with E-state index in [4.69, 9.17) is 0 Å². The van der Waals surface area contributed by atoms with Crippen molar-refractivity contribution in [1.29, 1.82) is 0 Å². The van der Waals surface area contributed by atoms with Crippen molar-refractivity contribution in [2.45, 2.75) is 13.5 Å². The summed E-state index contributed by atoms with van der Waals surface area (Å²) in [5.74, 6) is 0.0531. The number of hydrogen-bond acceptors (Lipinski definition) is 6. The number of rotatable bonds is 5. The lowest BCUT2D eigenvalue weighted by atomic mass is 10.2. The van der Waals surface area contributed by atoms with Crippen LogP contribution in [0, 0.1) is 0 Å². The zero-order valence-corrected chi connectivity index (χ0v) is 14.6. The molecule has 0 bridgehead atoms. The Balaban J connectivity index is 1.55. The highest BCUT2D eigenvalue weighted by molar-refractivity contribution is 7.17. The van der Waals surface area contributed by atoms with Crippen LogP contribution in [0.2, 0.25) is 0 Å². The SMILES string of the molecule is CC(=O)c1ccc(-c2ccc3nc(NC(=O)Cn4ccnc4)nn3c2)s1. The number of Topliss-reactive ketones (excluding diaryl/α,β-unsaturated/α-hetero) is 1. The topological polar surface area (TPSA) is 94.2 Å². The molecule has 0 saturated heterocycles. The maximum atomic E-state index is 12.0. The molecule has 0 aliphatic heterocycles. The molecule has 0 spiro atoms. The molecule has 0 atom stereocenters. The van der Waals surface area contributed by atoms with E-state index in [9.17, 15) is 9.59 Å². The standard InChI is InChI=1S/C17H14N6O2S/c1-11(24)13-3-4-14(26-13)12-2-5-15-19-17(21-23(15)8-12)20-16(25)9-22-7-6-18-10-22/h2-8,10H,9H2,1H3,(H,20,21,25). The minimum Gasteiger partial charge on any atom is -0.328 e. The first-order valence-corrected chi connectivity index (χ1v) is 8.63. The molecule has 0 aliphatic rings. The van der Waals surface area contributed by atoms with Gasteiger partial charge in [-0.25, -0.2) is 9.50 Å². The van der Waals surface area contributed by atoms with Gasteiger partial charge in [0.15, 0.2) is 11.4 Å². The second-order valence-electron chi connectivity index (χ2n) is 5.66. The third-order valence-corrected chi connectivity index (χ3v) is 4.94. The fourth-order valence-corrected chi connectivity index (χ4v) is 3.37. The first-order chi connectivity index (χ1) is 12.6. The zero-order valence-electron chi connectivity index (χ0n) is 13.8. The smallest absolute Gasteiger partial charge is 0.249 e. The maximum absolute atomic E-state index is 12.0. The highest BCUT2D eigenvalue weighted by Gasteiger charge is 2.11. The van der Waals surface area contributed by atoms with Gasteiger partial charge in [0.2, 0.25) is 11.9 Å². The van der Waals surface area contributed by atoms with Crippen molar-refractivity contribution in [3.8, 4) is 10.4 Å². The molecule has 1 amide bonds. The Hall–Kier alpha value is -3.33. The van der Waals surface area contributed by atoms with Gasteiger partial charge in [0.25, 0.3) is 0 Å². The predicted octanol–water partition coefficient (Wildman–Crippen LogP) is 2.50. The number of hydrogen-bond donors (Lipinski definition) is 1. The fourth-order valence-electron chi connectivity index (χ4n) is 2.47. The van der Waals surface area contributed by atoms with Crippen LogP contribution in [0.15, 0.2) is 49.2 Å². The number of ketones is 1. The molecule has 130 valence electrons. The Kier molecular flexibility index (Phi) is 4.05. The van der Waals surface area contributed by atoms with E-state index in [0.717, 1.165) is 10.4 Å². The molecule has 0 aliphatic carbocycles. The maximum Gasteiger partial charge on any atom is 0.249 e. The molecule has 4 heterocycles. The van der Waals surface area contributed by atoms with E-state index in [1.165, 1.54) is 11.3 Å². The van der Waals surface area contributed by atoms with Crippen molar-refractivity contribution in [1.82, 2.24) is 24.1 Å². The van der Waals surface area contributed by atoms with Gasteiger partial charge in [0.1, 0.15) is 6.54 Å². The number of carbonyl (C=O) groups is 2. The van der Waals surface area contributed by atoms with Gasteiger partial charge in [-0.1, -0.05) is 0 Å². The molecule has 4 aromatic heterocycles. The molecule has 0 unspecified atom stereocenters. The highest BCUT2D eigenvalue weighted by Crippen LogP contribution is 2.28. The number of thiophene rings is 1. The monoisotopic (exact) mass is 366 g/mol. The van der Waals surface area contributed by atoms with Gasteiger partial charge in [-0.15, -0.1) is 16.4 Å². The molecule has 4 rings (SSSR count). The van der Waals surface area contributed by atoms with Gasteiger partial charge >= 0.3 is 0 Å². The van der Waals surface area contributed by atoms with Crippen LogP contribution in [0.5, 0.6) is 0 Å². The van der Waals surface area contributed by atoms with Gasteiger partial charge in [0, 0.05) is 29.0 Å². The Labute approximate surface area is 152 Å². The minimum atomic E-state index is -0.233. The number of nitrogens with zero attached hydrogens (tertiary/aromatic N) is 5. The van der Waals surface area contributed by atoms with Crippen LogP contribution in [0.4, 0.5) is 5.95 Å². The fraction of sp³-hybridized carbons (Fsp3) is 0.118. The molecule has 4 aromatic rings. The quantitative estimate of drug-likeness (QED) is 0.548. The number of imidazole rings is 1. The van der Waals surface area contributed by atoms with Crippen molar-refractivity contribution in [2.24, 2.45) is 0 Å². The van der Waals surface area contributed by atoms with E-state index in [0.29, 0.717) is 10.5 Å². The van der Waals surface area contributed by atoms with Crippen LogP contribution in [-0.4, -0.2) is 35.8 Å². The second kappa shape index (κ2) is 6.52. The van der Waals surface area contributed by atoms with Crippen molar-refractivity contribution in [3.05, 3.63) is 54.1 Å². The second-order valence-corrected chi connectivity index (χ2v) is 6.74. The van der Waals surface area contributed by atoms with E-state index in [1.807, 2.05) is 30.5 Å². The van der Waals surface area contributed by atoms with E-state index in [2.05, 4.69) is 20.4 Å². The highest BCUT2D eigenvalue weighted by atomic mass is 32.1. The van der Waals surface area contributed by atoms with Crippen LogP contribution < -0.4 is 5.32 Å². The Morgan fingerprint density at radius 3 is 2.85 bits per heavy atom. The van der Waals surface area contributed by atoms with E-state index >= 15 is 0 Å². The van der Waals surface area contributed by atoms with Gasteiger partial charge < -0.3 is 4.57 Å². The molecule has 26 heavy (non-hydrogen) atoms. The summed E-state index contributed by atoms with van der Waals surface area (Å²) in [5.41, 5.74) is 1.55. The van der Waals surface area contributed by atoms with Crippen LogP contribution >= 0.6 is 11.3 Å². The lowest BCUT2D eigenvalue weighted by Crippen LogP contribution is -2.18. The number of anilines is 1. The van der Waals surface area contributed by atoms with E-state index in [-0.39, 0.29) is 24.2 Å². The molecule has 0 aromatic carbocycles. The van der Waals surface area contributed by atoms with Gasteiger partial charge in [-0.3, -0.25) is 14.9 Å². The summed E-state index contributed by atoms with van der Waals surface area (Å²) in [6.45, 7) is 1.69. The summed E-state index contributed by atoms with van der Waals surface area (Å²) in [6, 6.07) is 7.46. The molecule has 9 heteroatoms. The Morgan fingerprint density at radius 1 is 1.23 bits per heavy atom. The number of pyridine rings is 1. The minimum absolute atomic E-state index is 0.0472. The zero-order chi connectivity index (χ0) is 18.1. The first-order valence-electron chi connectivity index (χ1n) is 7.82. The summed E-state index contributed by atoms with van der Waals surface area (Å²) in [7, 11) is 0. The summed E-state index contributed by atoms with van der Waals surface area (Å²) in [5, 5.41) is 6.97. The molecular weight excluding hydrogens is 352 g/mol. The van der Waals surface area contributed by atoms with Crippen molar-refractivity contribution in [2.75, 3.05) is 5.32 Å². The average Bonchev–Trinajstić information content (AvgIpc) is 3.34. The molecule has 0 radical (unpaired) electrons. The average molecular weight is 366 g/mol. The van der Waals surface area contributed by atoms with Crippen LogP contribution in [-0.2, 0) is 11.3 Å². The number of aromatic nitrogens is 5. The van der Waals surface area contributed by atoms with Crippen LogP contribution in [0.1, 0.15) is 16.6 Å². The van der Waals surface area contributed by atoms with Crippen molar-refractivity contribution in [3.63, 3.8) is 0 Å². The largest absolute Gasteiger partial charge is 0.328 e. The number of fused-ring (bicyclic) bond motifs is 1. The third-order valence-electron chi connectivity index (χ3n) is 3.71. The third kappa shape index (κ3) is 3.24. The number of nitrogens with one attached hydrogen (secondary N) is 1. The van der Waals surface area contributed by atoms with E-state index < -0.39 is 0 Å². The molecule has 0 saturated carbocycles. The summed E-state index contributed by atoms with van der Waals surface area (Å²) < 4.78 is 3.27. The Morgan fingerprint density at radius 2 is 2.12 bits per heavy atom. The summed E-state index contributed by atoms with van der Waals surface area (Å²) >= 11 is 1.43. The van der Waals surface area contributed by atoms with E-state index in [1.54, 1.807) is 34.7 Å². The lowest BCUT2D eigenvalue weighted by Gasteiger charge is -2.00. The van der Waals surface area contributed by atoms with Crippen molar-refractivity contribution < 1.29 is 9.59 Å². The lowest BCUT2D eigenvalue weighted by molar-refractivity contribution is -0.116. The Bertz CT molecular complexity index is 1100. The molecular formula is C17H14N6O2S. The number of amides is 1. The first kappa shape index (κ1) is 16.2. The molecule has 8 nitrogen and oxygen atoms in total. The van der Waals surface area contributed by atoms with Crippen LogP contribution in [0.3, 0.4) is 0 Å². The predicted molar refractivity (Wildman–Crippen MR) is 97.2 cm³/mol.